The van der Waals surface area contributed by atoms with Gasteiger partial charge in [0.2, 0.25) is 0 Å². The number of rotatable bonds is 6. The SMILES string of the molecule is CCCCC(Cl)Cc1cccc(OC)c1. The first-order valence-electron chi connectivity index (χ1n) is 5.53. The van der Waals surface area contributed by atoms with Gasteiger partial charge in [0.05, 0.1) is 7.11 Å². The minimum atomic E-state index is 0.247. The van der Waals surface area contributed by atoms with E-state index < -0.39 is 0 Å². The lowest BCUT2D eigenvalue weighted by atomic mass is 10.1. The van der Waals surface area contributed by atoms with Gasteiger partial charge in [0.1, 0.15) is 5.75 Å². The van der Waals surface area contributed by atoms with Crippen LogP contribution in [0, 0.1) is 0 Å². The maximum absolute atomic E-state index is 6.25. The van der Waals surface area contributed by atoms with Gasteiger partial charge in [-0.05, 0) is 30.5 Å². The lowest BCUT2D eigenvalue weighted by Crippen LogP contribution is -2.03. The molecule has 84 valence electrons. The van der Waals surface area contributed by atoms with Gasteiger partial charge in [-0.15, -0.1) is 11.6 Å². The van der Waals surface area contributed by atoms with E-state index in [-0.39, 0.29) is 5.38 Å². The molecule has 0 bridgehead atoms. The van der Waals surface area contributed by atoms with Crippen LogP contribution in [0.15, 0.2) is 24.3 Å². The minimum Gasteiger partial charge on any atom is -0.497 e. The molecule has 0 saturated carbocycles. The summed E-state index contributed by atoms with van der Waals surface area (Å²) < 4.78 is 5.17. The maximum atomic E-state index is 6.25. The van der Waals surface area contributed by atoms with E-state index in [9.17, 15) is 0 Å². The van der Waals surface area contributed by atoms with Gasteiger partial charge < -0.3 is 4.74 Å². The highest BCUT2D eigenvalue weighted by Gasteiger charge is 2.05. The second-order valence-corrected chi connectivity index (χ2v) is 4.41. The maximum Gasteiger partial charge on any atom is 0.119 e. The minimum absolute atomic E-state index is 0.247. The second kappa shape index (κ2) is 6.73. The van der Waals surface area contributed by atoms with Crippen molar-refractivity contribution >= 4 is 11.6 Å². The Labute approximate surface area is 97.4 Å². The van der Waals surface area contributed by atoms with Gasteiger partial charge in [-0.1, -0.05) is 31.9 Å². The summed E-state index contributed by atoms with van der Waals surface area (Å²) in [5.74, 6) is 0.909. The fourth-order valence-corrected chi connectivity index (χ4v) is 1.92. The summed E-state index contributed by atoms with van der Waals surface area (Å²) in [7, 11) is 1.69. The van der Waals surface area contributed by atoms with Crippen LogP contribution in [0.3, 0.4) is 0 Å². The van der Waals surface area contributed by atoms with Crippen molar-refractivity contribution in [2.24, 2.45) is 0 Å². The molecule has 1 unspecified atom stereocenters. The predicted octanol–water partition coefficient (Wildman–Crippen LogP) is 4.04. The quantitative estimate of drug-likeness (QED) is 0.666. The van der Waals surface area contributed by atoms with Crippen LogP contribution in [0.5, 0.6) is 5.75 Å². The van der Waals surface area contributed by atoms with Crippen molar-refractivity contribution in [1.29, 1.82) is 0 Å². The summed E-state index contributed by atoms with van der Waals surface area (Å²) in [5.41, 5.74) is 1.26. The molecule has 0 aliphatic rings. The first-order chi connectivity index (χ1) is 7.26. The monoisotopic (exact) mass is 226 g/mol. The van der Waals surface area contributed by atoms with Gasteiger partial charge in [-0.2, -0.15) is 0 Å². The van der Waals surface area contributed by atoms with Crippen molar-refractivity contribution in [2.75, 3.05) is 7.11 Å². The molecule has 0 aliphatic carbocycles. The van der Waals surface area contributed by atoms with E-state index in [1.165, 1.54) is 18.4 Å². The van der Waals surface area contributed by atoms with Crippen LogP contribution in [-0.4, -0.2) is 12.5 Å². The fraction of sp³-hybridized carbons (Fsp3) is 0.538. The molecular formula is C13H19ClO. The van der Waals surface area contributed by atoms with E-state index >= 15 is 0 Å². The number of hydrogen-bond acceptors (Lipinski definition) is 1. The Hall–Kier alpha value is -0.690. The van der Waals surface area contributed by atoms with Gasteiger partial charge in [-0.25, -0.2) is 0 Å². The lowest BCUT2D eigenvalue weighted by molar-refractivity contribution is 0.414. The average molecular weight is 227 g/mol. The highest BCUT2D eigenvalue weighted by Crippen LogP contribution is 2.18. The van der Waals surface area contributed by atoms with Gasteiger partial charge in [0, 0.05) is 5.38 Å². The second-order valence-electron chi connectivity index (χ2n) is 3.80. The largest absolute Gasteiger partial charge is 0.497 e. The molecule has 0 aliphatic heterocycles. The van der Waals surface area contributed by atoms with Crippen molar-refractivity contribution < 1.29 is 4.74 Å². The van der Waals surface area contributed by atoms with Crippen LogP contribution in [0.25, 0.3) is 0 Å². The Bertz CT molecular complexity index is 286. The highest BCUT2D eigenvalue weighted by molar-refractivity contribution is 6.20. The molecule has 0 heterocycles. The van der Waals surface area contributed by atoms with Gasteiger partial charge >= 0.3 is 0 Å². The molecule has 1 aromatic rings. The molecule has 1 atom stereocenters. The van der Waals surface area contributed by atoms with Crippen LogP contribution in [0.1, 0.15) is 31.7 Å². The first kappa shape index (κ1) is 12.4. The van der Waals surface area contributed by atoms with E-state index in [0.717, 1.165) is 18.6 Å². The molecule has 1 nitrogen and oxygen atoms in total. The van der Waals surface area contributed by atoms with Crippen LogP contribution in [-0.2, 0) is 6.42 Å². The Morgan fingerprint density at radius 1 is 1.40 bits per heavy atom. The highest BCUT2D eigenvalue weighted by atomic mass is 35.5. The fourth-order valence-electron chi connectivity index (χ4n) is 1.58. The average Bonchev–Trinajstić information content (AvgIpc) is 2.26. The zero-order valence-electron chi connectivity index (χ0n) is 9.50. The van der Waals surface area contributed by atoms with Crippen molar-refractivity contribution in [3.63, 3.8) is 0 Å². The van der Waals surface area contributed by atoms with Gasteiger partial charge in [-0.3, -0.25) is 0 Å². The van der Waals surface area contributed by atoms with Gasteiger partial charge in [0.15, 0.2) is 0 Å². The molecule has 0 N–H and O–H groups in total. The molecule has 0 radical (unpaired) electrons. The molecule has 0 fully saturated rings. The number of alkyl halides is 1. The van der Waals surface area contributed by atoms with E-state index in [4.69, 9.17) is 16.3 Å². The molecule has 0 amide bonds. The molecule has 0 aromatic heterocycles. The standard InChI is InChI=1S/C13H19ClO/c1-3-4-7-12(14)9-11-6-5-8-13(10-11)15-2/h5-6,8,10,12H,3-4,7,9H2,1-2H3. The normalized spacial score (nSPS) is 12.5. The summed E-state index contributed by atoms with van der Waals surface area (Å²) >= 11 is 6.25. The summed E-state index contributed by atoms with van der Waals surface area (Å²) in [5, 5.41) is 0.247. The Balaban J connectivity index is 2.48. The molecule has 15 heavy (non-hydrogen) atoms. The lowest BCUT2D eigenvalue weighted by Gasteiger charge is -2.09. The number of benzene rings is 1. The van der Waals surface area contributed by atoms with E-state index in [2.05, 4.69) is 19.1 Å². The number of hydrogen-bond donors (Lipinski definition) is 0. The Morgan fingerprint density at radius 3 is 2.87 bits per heavy atom. The number of halogens is 1. The van der Waals surface area contributed by atoms with Crippen LogP contribution in [0.2, 0.25) is 0 Å². The number of ether oxygens (including phenoxy) is 1. The van der Waals surface area contributed by atoms with Crippen molar-refractivity contribution in [1.82, 2.24) is 0 Å². The van der Waals surface area contributed by atoms with E-state index in [1.807, 2.05) is 12.1 Å². The number of unbranched alkanes of at least 4 members (excludes halogenated alkanes) is 1. The zero-order valence-corrected chi connectivity index (χ0v) is 10.3. The predicted molar refractivity (Wildman–Crippen MR) is 65.9 cm³/mol. The zero-order chi connectivity index (χ0) is 11.1. The first-order valence-corrected chi connectivity index (χ1v) is 5.97. The Morgan fingerprint density at radius 2 is 2.20 bits per heavy atom. The van der Waals surface area contributed by atoms with Gasteiger partial charge in [0.25, 0.3) is 0 Å². The Kier molecular flexibility index (Phi) is 5.56. The van der Waals surface area contributed by atoms with E-state index in [0.29, 0.717) is 0 Å². The van der Waals surface area contributed by atoms with Crippen molar-refractivity contribution in [2.45, 2.75) is 38.0 Å². The number of methoxy groups -OCH3 is 1. The van der Waals surface area contributed by atoms with Crippen molar-refractivity contribution in [3.8, 4) is 5.75 Å². The van der Waals surface area contributed by atoms with Crippen LogP contribution < -0.4 is 4.74 Å². The van der Waals surface area contributed by atoms with Crippen molar-refractivity contribution in [3.05, 3.63) is 29.8 Å². The molecule has 0 saturated heterocycles. The summed E-state index contributed by atoms with van der Waals surface area (Å²) in [4.78, 5) is 0. The molecule has 2 heteroatoms. The molecule has 0 spiro atoms. The third-order valence-corrected chi connectivity index (χ3v) is 2.83. The smallest absolute Gasteiger partial charge is 0.119 e. The third kappa shape index (κ3) is 4.57. The summed E-state index contributed by atoms with van der Waals surface area (Å²) in [6, 6.07) is 8.13. The third-order valence-electron chi connectivity index (χ3n) is 2.46. The topological polar surface area (TPSA) is 9.23 Å². The van der Waals surface area contributed by atoms with Crippen LogP contribution in [0.4, 0.5) is 0 Å². The molecule has 1 rings (SSSR count). The summed E-state index contributed by atoms with van der Waals surface area (Å²) in [6.07, 6.45) is 4.44. The van der Waals surface area contributed by atoms with Crippen LogP contribution >= 0.6 is 11.6 Å². The van der Waals surface area contributed by atoms with E-state index in [1.54, 1.807) is 7.11 Å². The molecular weight excluding hydrogens is 208 g/mol. The molecule has 1 aromatic carbocycles. The summed E-state index contributed by atoms with van der Waals surface area (Å²) in [6.45, 7) is 2.19.